The van der Waals surface area contributed by atoms with Crippen LogP contribution in [0.1, 0.15) is 44.2 Å². The molecule has 0 aliphatic carbocycles. The van der Waals surface area contributed by atoms with Crippen molar-refractivity contribution >= 4 is 11.6 Å². The van der Waals surface area contributed by atoms with Crippen molar-refractivity contribution in [1.82, 2.24) is 4.90 Å². The molecule has 3 nitrogen and oxygen atoms in total. The molecule has 1 heterocycles. The maximum Gasteiger partial charge on any atom is 0.226 e. The van der Waals surface area contributed by atoms with Crippen LogP contribution in [0, 0.1) is 6.92 Å². The molecule has 2 aromatic rings. The summed E-state index contributed by atoms with van der Waals surface area (Å²) in [4.78, 5) is 17.0. The van der Waals surface area contributed by atoms with Crippen molar-refractivity contribution in [3.63, 3.8) is 0 Å². The van der Waals surface area contributed by atoms with Gasteiger partial charge in [0.2, 0.25) is 5.91 Å². The highest BCUT2D eigenvalue weighted by atomic mass is 16.2. The molecule has 0 radical (unpaired) electrons. The number of benzene rings is 2. The van der Waals surface area contributed by atoms with Crippen molar-refractivity contribution in [3.05, 3.63) is 65.6 Å². The van der Waals surface area contributed by atoms with Gasteiger partial charge < -0.3 is 9.80 Å². The Kier molecular flexibility index (Phi) is 4.53. The summed E-state index contributed by atoms with van der Waals surface area (Å²) in [5.74, 6) is 0.131. The zero-order valence-corrected chi connectivity index (χ0v) is 15.6. The van der Waals surface area contributed by atoms with Gasteiger partial charge in [-0.15, -0.1) is 0 Å². The van der Waals surface area contributed by atoms with Crippen LogP contribution >= 0.6 is 0 Å². The van der Waals surface area contributed by atoms with Gasteiger partial charge >= 0.3 is 0 Å². The van der Waals surface area contributed by atoms with Crippen molar-refractivity contribution in [2.24, 2.45) is 0 Å². The van der Waals surface area contributed by atoms with Crippen molar-refractivity contribution in [2.75, 3.05) is 24.5 Å². The monoisotopic (exact) mass is 355 g/mol. The predicted octanol–water partition coefficient (Wildman–Crippen LogP) is 4.45. The minimum Gasteiger partial charge on any atom is -0.309 e. The number of nitrogens with zero attached hydrogens (tertiary/aromatic N) is 2. The molecule has 0 spiro atoms. The van der Waals surface area contributed by atoms with Gasteiger partial charge in [0.15, 0.2) is 0 Å². The topological polar surface area (TPSA) is 23.6 Å². The van der Waals surface area contributed by atoms with Gasteiger partial charge in [-0.3, -0.25) is 4.79 Å². The van der Waals surface area contributed by atoms with Crippen molar-refractivity contribution in [1.29, 1.82) is 0 Å². The summed E-state index contributed by atoms with van der Waals surface area (Å²) < 4.78 is 39.6. The summed E-state index contributed by atoms with van der Waals surface area (Å²) in [7, 11) is 0. The Bertz CT molecular complexity index is 928. The fourth-order valence-corrected chi connectivity index (χ4v) is 3.61. The van der Waals surface area contributed by atoms with E-state index in [1.165, 1.54) is 0 Å². The molecule has 0 unspecified atom stereocenters. The second kappa shape index (κ2) is 9.00. The summed E-state index contributed by atoms with van der Waals surface area (Å²) in [6.45, 7) is 6.17. The average molecular weight is 356 g/mol. The van der Waals surface area contributed by atoms with Crippen molar-refractivity contribution < 1.29 is 11.6 Å². The first-order valence-electron chi connectivity index (χ1n) is 11.9. The molecule has 0 saturated carbocycles. The van der Waals surface area contributed by atoms with E-state index in [1.807, 2.05) is 43.0 Å². The molecule has 1 aliphatic heterocycles. The highest BCUT2D eigenvalue weighted by Gasteiger charge is 2.28. The summed E-state index contributed by atoms with van der Waals surface area (Å²) in [5.41, 5.74) is 2.44. The fourth-order valence-electron chi connectivity index (χ4n) is 3.61. The lowest BCUT2D eigenvalue weighted by Gasteiger charge is -2.39. The van der Waals surface area contributed by atoms with Gasteiger partial charge in [-0.25, -0.2) is 0 Å². The molecule has 0 aromatic heterocycles. The van der Waals surface area contributed by atoms with Gasteiger partial charge in [-0.2, -0.15) is 0 Å². The third-order valence-electron chi connectivity index (χ3n) is 5.10. The molecule has 2 aromatic carbocycles. The lowest BCUT2D eigenvalue weighted by Crippen LogP contribution is -2.48. The van der Waals surface area contributed by atoms with Gasteiger partial charge in [0.05, 0.1) is 6.85 Å². The highest BCUT2D eigenvalue weighted by Crippen LogP contribution is 2.27. The molecule has 0 bridgehead atoms. The SMILES string of the molecule is [2H]c1c([2H])c([2H])c(CCN2CCC(N(C(=O)CC)c3ccccc3C)CC2)c([2H])c1[2H]. The van der Waals surface area contributed by atoms with E-state index in [-0.39, 0.29) is 42.2 Å². The first kappa shape index (κ1) is 13.1. The molecule has 3 heteroatoms. The second-order valence-electron chi connectivity index (χ2n) is 6.83. The van der Waals surface area contributed by atoms with Crippen molar-refractivity contribution in [3.8, 4) is 0 Å². The van der Waals surface area contributed by atoms with Crippen LogP contribution < -0.4 is 4.90 Å². The van der Waals surface area contributed by atoms with Crippen LogP contribution in [-0.4, -0.2) is 36.5 Å². The minimum atomic E-state index is -0.351. The largest absolute Gasteiger partial charge is 0.309 e. The van der Waals surface area contributed by atoms with Crippen molar-refractivity contribution in [2.45, 2.75) is 45.6 Å². The number of piperidine rings is 1. The number of anilines is 1. The third kappa shape index (κ3) is 4.53. The summed E-state index contributed by atoms with van der Waals surface area (Å²) in [5, 5.41) is 0. The maximum atomic E-state index is 12.7. The van der Waals surface area contributed by atoms with E-state index < -0.39 is 0 Å². The number of hydrogen-bond acceptors (Lipinski definition) is 2. The lowest BCUT2D eigenvalue weighted by atomic mass is 10.00. The number of aryl methyl sites for hydroxylation is 1. The first-order chi connectivity index (χ1) is 14.8. The van der Waals surface area contributed by atoms with E-state index in [9.17, 15) is 4.79 Å². The highest BCUT2D eigenvalue weighted by molar-refractivity contribution is 5.94. The van der Waals surface area contributed by atoms with Gasteiger partial charge in [-0.05, 0) is 43.4 Å². The molecule has 138 valence electrons. The van der Waals surface area contributed by atoms with Gasteiger partial charge in [0.25, 0.3) is 0 Å². The molecule has 0 N–H and O–H groups in total. The second-order valence-corrected chi connectivity index (χ2v) is 6.83. The Hall–Kier alpha value is -2.13. The van der Waals surface area contributed by atoms with Crippen LogP contribution in [0.5, 0.6) is 0 Å². The van der Waals surface area contributed by atoms with E-state index >= 15 is 0 Å². The Labute approximate surface area is 164 Å². The molecular formula is C23H30N2O. The standard InChI is InChI=1S/C23H30N2O/c1-3-23(26)25(22-12-8-7-9-19(22)2)21-14-17-24(18-15-21)16-13-20-10-5-4-6-11-20/h4-12,21H,3,13-18H2,1-2H3/i4D,5D,6D,10D,11D. The van der Waals surface area contributed by atoms with Crippen LogP contribution in [0.15, 0.2) is 54.5 Å². The zero-order valence-electron chi connectivity index (χ0n) is 20.6. The van der Waals surface area contributed by atoms with Crippen LogP contribution in [0.2, 0.25) is 0 Å². The fraction of sp³-hybridized carbons (Fsp3) is 0.435. The van der Waals surface area contributed by atoms with Gasteiger partial charge in [-0.1, -0.05) is 55.3 Å². The third-order valence-corrected chi connectivity index (χ3v) is 5.10. The van der Waals surface area contributed by atoms with E-state index in [0.717, 1.165) is 37.2 Å². The number of carbonyl (C=O) groups is 1. The van der Waals surface area contributed by atoms with E-state index in [4.69, 9.17) is 6.85 Å². The molecule has 1 saturated heterocycles. The zero-order chi connectivity index (χ0) is 22.7. The molecule has 1 amide bonds. The van der Waals surface area contributed by atoms with Gasteiger partial charge in [0, 0.05) is 37.8 Å². The van der Waals surface area contributed by atoms with Crippen LogP contribution in [0.25, 0.3) is 0 Å². The number of rotatable bonds is 6. The normalized spacial score (nSPS) is 18.5. The number of carbonyl (C=O) groups excluding carboxylic acids is 1. The Morgan fingerprint density at radius 3 is 2.54 bits per heavy atom. The molecule has 1 fully saturated rings. The smallest absolute Gasteiger partial charge is 0.226 e. The van der Waals surface area contributed by atoms with Gasteiger partial charge in [0.1, 0.15) is 0 Å². The molecule has 26 heavy (non-hydrogen) atoms. The number of likely N-dealkylation sites (tertiary alicyclic amines) is 1. The first-order valence-corrected chi connectivity index (χ1v) is 9.42. The van der Waals surface area contributed by atoms with Crippen LogP contribution in [0.4, 0.5) is 5.69 Å². The summed E-state index contributed by atoms with van der Waals surface area (Å²) >= 11 is 0. The Morgan fingerprint density at radius 1 is 1.19 bits per heavy atom. The minimum absolute atomic E-state index is 0.111. The molecule has 0 atom stereocenters. The number of amides is 1. The van der Waals surface area contributed by atoms with Crippen LogP contribution in [0.3, 0.4) is 0 Å². The summed E-state index contributed by atoms with van der Waals surface area (Å²) in [6, 6.07) is 7.00. The molecule has 1 aliphatic rings. The number of para-hydroxylation sites is 1. The average Bonchev–Trinajstić information content (AvgIpc) is 2.78. The van der Waals surface area contributed by atoms with E-state index in [0.29, 0.717) is 24.9 Å². The van der Waals surface area contributed by atoms with E-state index in [1.54, 1.807) is 0 Å². The van der Waals surface area contributed by atoms with E-state index in [2.05, 4.69) is 4.90 Å². The summed E-state index contributed by atoms with van der Waals surface area (Å²) in [6.07, 6.45) is 2.57. The molecule has 3 rings (SSSR count). The number of hydrogen-bond donors (Lipinski definition) is 0. The molecular weight excluding hydrogens is 320 g/mol. The van der Waals surface area contributed by atoms with Crippen LogP contribution in [-0.2, 0) is 11.2 Å². The Morgan fingerprint density at radius 2 is 1.88 bits per heavy atom. The predicted molar refractivity (Wildman–Crippen MR) is 109 cm³/mol. The Balaban J connectivity index is 1.67. The maximum absolute atomic E-state index is 12.7. The lowest BCUT2D eigenvalue weighted by molar-refractivity contribution is -0.119. The quantitative estimate of drug-likeness (QED) is 0.764.